The predicted octanol–water partition coefficient (Wildman–Crippen LogP) is 3.54. The van der Waals surface area contributed by atoms with E-state index in [1.54, 1.807) is 0 Å². The zero-order valence-electron chi connectivity index (χ0n) is 13.4. The van der Waals surface area contributed by atoms with E-state index in [0.29, 0.717) is 5.92 Å². The standard InChI is InChI=1S/C18H33NO/c1-3-13-5-7-18(20)17(8-13)12-19(2)11-16-10-14-4-6-15(16)9-14/h13-18,20H,3-12H2,1-2H3. The molecule has 3 fully saturated rings. The highest BCUT2D eigenvalue weighted by Crippen LogP contribution is 2.48. The highest BCUT2D eigenvalue weighted by molar-refractivity contribution is 4.91. The Morgan fingerprint density at radius 2 is 1.75 bits per heavy atom. The molecule has 0 spiro atoms. The molecule has 1 N–H and O–H groups in total. The first kappa shape index (κ1) is 14.8. The van der Waals surface area contributed by atoms with Crippen LogP contribution in [0.3, 0.4) is 0 Å². The topological polar surface area (TPSA) is 23.5 Å². The lowest BCUT2D eigenvalue weighted by Gasteiger charge is -2.36. The molecule has 2 bridgehead atoms. The lowest BCUT2D eigenvalue weighted by atomic mass is 9.78. The van der Waals surface area contributed by atoms with Crippen molar-refractivity contribution < 1.29 is 5.11 Å². The Hall–Kier alpha value is -0.0800. The zero-order valence-corrected chi connectivity index (χ0v) is 13.4. The number of aliphatic hydroxyl groups is 1. The van der Waals surface area contributed by atoms with Crippen LogP contribution in [0.2, 0.25) is 0 Å². The third kappa shape index (κ3) is 3.22. The molecule has 0 aromatic carbocycles. The molecule has 3 aliphatic carbocycles. The van der Waals surface area contributed by atoms with Gasteiger partial charge in [-0.2, -0.15) is 0 Å². The smallest absolute Gasteiger partial charge is 0.0580 e. The zero-order chi connectivity index (χ0) is 14.1. The Morgan fingerprint density at radius 1 is 0.950 bits per heavy atom. The molecule has 0 aromatic heterocycles. The van der Waals surface area contributed by atoms with Gasteiger partial charge in [0.1, 0.15) is 0 Å². The molecular weight excluding hydrogens is 246 g/mol. The number of aliphatic hydroxyl groups excluding tert-OH is 1. The van der Waals surface area contributed by atoms with Gasteiger partial charge in [-0.05, 0) is 75.2 Å². The third-order valence-electron chi connectivity index (χ3n) is 6.61. The first-order chi connectivity index (χ1) is 9.65. The van der Waals surface area contributed by atoms with Crippen molar-refractivity contribution in [1.82, 2.24) is 4.90 Å². The quantitative estimate of drug-likeness (QED) is 0.832. The van der Waals surface area contributed by atoms with Gasteiger partial charge in [-0.1, -0.05) is 19.8 Å². The van der Waals surface area contributed by atoms with Crippen molar-refractivity contribution in [3.63, 3.8) is 0 Å². The SMILES string of the molecule is CCC1CCC(O)C(CN(C)CC2CC3CCC2C3)C1. The molecule has 2 heteroatoms. The summed E-state index contributed by atoms with van der Waals surface area (Å²) in [6, 6.07) is 0. The van der Waals surface area contributed by atoms with Crippen molar-refractivity contribution >= 4 is 0 Å². The molecule has 0 radical (unpaired) electrons. The molecule has 6 unspecified atom stereocenters. The average molecular weight is 279 g/mol. The van der Waals surface area contributed by atoms with Crippen LogP contribution in [0.4, 0.5) is 0 Å². The summed E-state index contributed by atoms with van der Waals surface area (Å²) >= 11 is 0. The highest BCUT2D eigenvalue weighted by atomic mass is 16.3. The molecular formula is C18H33NO. The van der Waals surface area contributed by atoms with Crippen LogP contribution in [0.15, 0.2) is 0 Å². The maximum absolute atomic E-state index is 10.3. The van der Waals surface area contributed by atoms with Gasteiger partial charge in [0.25, 0.3) is 0 Å². The normalized spacial score (nSPS) is 44.4. The van der Waals surface area contributed by atoms with Gasteiger partial charge in [-0.15, -0.1) is 0 Å². The largest absolute Gasteiger partial charge is 0.393 e. The Balaban J connectivity index is 1.46. The number of nitrogens with zero attached hydrogens (tertiary/aromatic N) is 1. The van der Waals surface area contributed by atoms with Crippen molar-refractivity contribution in [2.24, 2.45) is 29.6 Å². The van der Waals surface area contributed by atoms with Gasteiger partial charge in [-0.25, -0.2) is 0 Å². The fourth-order valence-electron chi connectivity index (χ4n) is 5.39. The molecule has 0 aromatic rings. The second kappa shape index (κ2) is 6.36. The van der Waals surface area contributed by atoms with Gasteiger partial charge in [0.15, 0.2) is 0 Å². The second-order valence-corrected chi connectivity index (χ2v) is 8.07. The maximum atomic E-state index is 10.3. The van der Waals surface area contributed by atoms with Crippen molar-refractivity contribution in [3.8, 4) is 0 Å². The minimum Gasteiger partial charge on any atom is -0.393 e. The van der Waals surface area contributed by atoms with Crippen LogP contribution in [0.5, 0.6) is 0 Å². The number of rotatable bonds is 5. The van der Waals surface area contributed by atoms with E-state index in [1.165, 1.54) is 51.5 Å². The van der Waals surface area contributed by atoms with Gasteiger partial charge >= 0.3 is 0 Å². The molecule has 20 heavy (non-hydrogen) atoms. The number of hydrogen-bond donors (Lipinski definition) is 1. The van der Waals surface area contributed by atoms with Crippen LogP contribution in [0, 0.1) is 29.6 Å². The first-order valence-corrected chi connectivity index (χ1v) is 9.02. The number of fused-ring (bicyclic) bond motifs is 2. The van der Waals surface area contributed by atoms with Gasteiger partial charge in [0.2, 0.25) is 0 Å². The van der Waals surface area contributed by atoms with E-state index in [9.17, 15) is 5.11 Å². The van der Waals surface area contributed by atoms with Crippen molar-refractivity contribution in [1.29, 1.82) is 0 Å². The van der Waals surface area contributed by atoms with E-state index < -0.39 is 0 Å². The van der Waals surface area contributed by atoms with E-state index in [0.717, 1.165) is 36.6 Å². The fourth-order valence-corrected chi connectivity index (χ4v) is 5.39. The van der Waals surface area contributed by atoms with Crippen molar-refractivity contribution in [3.05, 3.63) is 0 Å². The van der Waals surface area contributed by atoms with Crippen LogP contribution in [0.25, 0.3) is 0 Å². The van der Waals surface area contributed by atoms with Crippen LogP contribution in [-0.2, 0) is 0 Å². The summed E-state index contributed by atoms with van der Waals surface area (Å²) in [6.07, 6.45) is 10.8. The molecule has 0 saturated heterocycles. The Morgan fingerprint density at radius 3 is 2.40 bits per heavy atom. The molecule has 0 amide bonds. The molecule has 3 aliphatic rings. The van der Waals surface area contributed by atoms with E-state index in [4.69, 9.17) is 0 Å². The lowest BCUT2D eigenvalue weighted by Crippen LogP contribution is -2.39. The van der Waals surface area contributed by atoms with Gasteiger partial charge < -0.3 is 10.0 Å². The van der Waals surface area contributed by atoms with Gasteiger partial charge in [0.05, 0.1) is 6.10 Å². The summed E-state index contributed by atoms with van der Waals surface area (Å²) in [6.45, 7) is 4.70. The Kier molecular flexibility index (Phi) is 4.72. The van der Waals surface area contributed by atoms with Crippen molar-refractivity contribution in [2.75, 3.05) is 20.1 Å². The third-order valence-corrected chi connectivity index (χ3v) is 6.61. The minimum absolute atomic E-state index is 0.0414. The monoisotopic (exact) mass is 279 g/mol. The molecule has 0 aliphatic heterocycles. The summed E-state index contributed by atoms with van der Waals surface area (Å²) in [5, 5.41) is 10.3. The first-order valence-electron chi connectivity index (χ1n) is 9.02. The summed E-state index contributed by atoms with van der Waals surface area (Å²) in [7, 11) is 2.29. The highest BCUT2D eigenvalue weighted by Gasteiger charge is 2.40. The summed E-state index contributed by atoms with van der Waals surface area (Å²) in [5.74, 6) is 4.43. The van der Waals surface area contributed by atoms with E-state index in [-0.39, 0.29) is 6.10 Å². The van der Waals surface area contributed by atoms with E-state index >= 15 is 0 Å². The van der Waals surface area contributed by atoms with Crippen LogP contribution >= 0.6 is 0 Å². The molecule has 116 valence electrons. The Bertz CT molecular complexity index is 319. The average Bonchev–Trinajstić information content (AvgIpc) is 3.03. The second-order valence-electron chi connectivity index (χ2n) is 8.07. The molecule has 6 atom stereocenters. The molecule has 3 saturated carbocycles. The predicted molar refractivity (Wildman–Crippen MR) is 83.6 cm³/mol. The lowest BCUT2D eigenvalue weighted by molar-refractivity contribution is 0.0273. The van der Waals surface area contributed by atoms with Crippen LogP contribution < -0.4 is 0 Å². The molecule has 2 nitrogen and oxygen atoms in total. The summed E-state index contributed by atoms with van der Waals surface area (Å²) in [4.78, 5) is 2.54. The fraction of sp³-hybridized carbons (Fsp3) is 1.00. The van der Waals surface area contributed by atoms with Crippen LogP contribution in [-0.4, -0.2) is 36.2 Å². The minimum atomic E-state index is -0.0414. The molecule has 3 rings (SSSR count). The van der Waals surface area contributed by atoms with E-state index in [1.807, 2.05) is 0 Å². The summed E-state index contributed by atoms with van der Waals surface area (Å²) < 4.78 is 0. The number of hydrogen-bond acceptors (Lipinski definition) is 2. The summed E-state index contributed by atoms with van der Waals surface area (Å²) in [5.41, 5.74) is 0. The van der Waals surface area contributed by atoms with Gasteiger partial charge in [-0.3, -0.25) is 0 Å². The van der Waals surface area contributed by atoms with Crippen LogP contribution in [0.1, 0.15) is 58.3 Å². The Labute approximate surface area is 124 Å². The van der Waals surface area contributed by atoms with Gasteiger partial charge in [0, 0.05) is 13.1 Å². The van der Waals surface area contributed by atoms with Crippen molar-refractivity contribution in [2.45, 2.75) is 64.4 Å². The molecule has 0 heterocycles. The maximum Gasteiger partial charge on any atom is 0.0580 e. The van der Waals surface area contributed by atoms with E-state index in [2.05, 4.69) is 18.9 Å².